The Morgan fingerprint density at radius 1 is 1.38 bits per heavy atom. The van der Waals surface area contributed by atoms with Crippen LogP contribution < -0.4 is 10.5 Å². The van der Waals surface area contributed by atoms with Crippen molar-refractivity contribution in [1.29, 1.82) is 0 Å². The minimum absolute atomic E-state index is 0.0636. The zero-order chi connectivity index (χ0) is 12.3. The Morgan fingerprint density at radius 2 is 2.00 bits per heavy atom. The number of hydrogen-bond donors (Lipinski definition) is 2. The van der Waals surface area contributed by atoms with Gasteiger partial charge >= 0.3 is 6.18 Å². The molecule has 6 heteroatoms. The van der Waals surface area contributed by atoms with E-state index in [9.17, 15) is 13.2 Å². The molecule has 1 rings (SSSR count). The van der Waals surface area contributed by atoms with Crippen LogP contribution in [0.25, 0.3) is 0 Å². The molecule has 0 saturated carbocycles. The predicted octanol–water partition coefficient (Wildman–Crippen LogP) is 1.71. The van der Waals surface area contributed by atoms with Crippen molar-refractivity contribution in [3.8, 4) is 5.75 Å². The van der Waals surface area contributed by atoms with E-state index in [1.165, 1.54) is 13.2 Å². The SMILES string of the molecule is COc1cc([C@H](N)CO)cc(C(F)(F)F)c1. The van der Waals surface area contributed by atoms with E-state index in [1.54, 1.807) is 0 Å². The Morgan fingerprint density at radius 3 is 2.44 bits per heavy atom. The third kappa shape index (κ3) is 2.86. The molecule has 0 aliphatic rings. The monoisotopic (exact) mass is 235 g/mol. The van der Waals surface area contributed by atoms with E-state index in [1.807, 2.05) is 0 Å². The minimum Gasteiger partial charge on any atom is -0.497 e. The van der Waals surface area contributed by atoms with Gasteiger partial charge in [0.15, 0.2) is 0 Å². The molecule has 0 aliphatic heterocycles. The maximum absolute atomic E-state index is 12.5. The molecule has 0 aliphatic carbocycles. The van der Waals surface area contributed by atoms with Gasteiger partial charge in [-0.15, -0.1) is 0 Å². The lowest BCUT2D eigenvalue weighted by molar-refractivity contribution is -0.137. The van der Waals surface area contributed by atoms with Gasteiger partial charge in [-0.2, -0.15) is 13.2 Å². The summed E-state index contributed by atoms with van der Waals surface area (Å²) in [6.07, 6.45) is -4.46. The summed E-state index contributed by atoms with van der Waals surface area (Å²) in [4.78, 5) is 0. The molecule has 90 valence electrons. The maximum atomic E-state index is 12.5. The summed E-state index contributed by atoms with van der Waals surface area (Å²) < 4.78 is 42.2. The Kier molecular flexibility index (Phi) is 3.77. The average molecular weight is 235 g/mol. The van der Waals surface area contributed by atoms with E-state index in [2.05, 4.69) is 0 Å². The topological polar surface area (TPSA) is 55.5 Å². The van der Waals surface area contributed by atoms with Gasteiger partial charge in [-0.05, 0) is 23.8 Å². The Hall–Kier alpha value is -1.27. The van der Waals surface area contributed by atoms with Crippen molar-refractivity contribution in [2.75, 3.05) is 13.7 Å². The minimum atomic E-state index is -4.46. The van der Waals surface area contributed by atoms with Crippen molar-refractivity contribution in [2.24, 2.45) is 5.73 Å². The van der Waals surface area contributed by atoms with E-state index in [4.69, 9.17) is 15.6 Å². The van der Waals surface area contributed by atoms with Gasteiger partial charge in [-0.3, -0.25) is 0 Å². The first-order valence-electron chi connectivity index (χ1n) is 4.51. The predicted molar refractivity (Wildman–Crippen MR) is 52.0 cm³/mol. The fraction of sp³-hybridized carbons (Fsp3) is 0.400. The van der Waals surface area contributed by atoms with E-state index >= 15 is 0 Å². The van der Waals surface area contributed by atoms with Crippen molar-refractivity contribution in [3.05, 3.63) is 29.3 Å². The fourth-order valence-corrected chi connectivity index (χ4v) is 1.22. The van der Waals surface area contributed by atoms with Gasteiger partial charge in [-0.1, -0.05) is 0 Å². The second kappa shape index (κ2) is 4.71. The van der Waals surface area contributed by atoms with E-state index < -0.39 is 24.4 Å². The number of hydrogen-bond acceptors (Lipinski definition) is 3. The summed E-state index contributed by atoms with van der Waals surface area (Å²) in [5.41, 5.74) is 4.80. The number of benzene rings is 1. The van der Waals surface area contributed by atoms with E-state index in [-0.39, 0.29) is 11.3 Å². The standard InChI is InChI=1S/C10H12F3NO2/c1-16-8-3-6(9(14)5-15)2-7(4-8)10(11,12)13/h2-4,9,15H,5,14H2,1H3/t9-/m1/s1. The van der Waals surface area contributed by atoms with Crippen LogP contribution in [-0.4, -0.2) is 18.8 Å². The van der Waals surface area contributed by atoms with Crippen LogP contribution >= 0.6 is 0 Å². The summed E-state index contributed by atoms with van der Waals surface area (Å²) in [6, 6.07) is 2.31. The number of alkyl halides is 3. The van der Waals surface area contributed by atoms with Crippen LogP contribution in [-0.2, 0) is 6.18 Å². The molecular weight excluding hydrogens is 223 g/mol. The second-order valence-corrected chi connectivity index (χ2v) is 3.28. The third-order valence-corrected chi connectivity index (χ3v) is 2.12. The molecule has 1 aromatic rings. The van der Waals surface area contributed by atoms with Crippen molar-refractivity contribution < 1.29 is 23.0 Å². The van der Waals surface area contributed by atoms with Gasteiger partial charge in [0.1, 0.15) is 5.75 Å². The number of rotatable bonds is 3. The first-order chi connectivity index (χ1) is 7.38. The van der Waals surface area contributed by atoms with Crippen LogP contribution in [0.2, 0.25) is 0 Å². The fourth-order valence-electron chi connectivity index (χ4n) is 1.22. The molecular formula is C10H12F3NO2. The Labute approximate surface area is 90.6 Å². The molecule has 1 atom stereocenters. The second-order valence-electron chi connectivity index (χ2n) is 3.28. The molecule has 3 nitrogen and oxygen atoms in total. The molecule has 0 amide bonds. The summed E-state index contributed by atoms with van der Waals surface area (Å²) in [6.45, 7) is -0.426. The summed E-state index contributed by atoms with van der Waals surface area (Å²) in [7, 11) is 1.27. The van der Waals surface area contributed by atoms with Crippen LogP contribution in [0, 0.1) is 0 Å². The zero-order valence-electron chi connectivity index (χ0n) is 8.58. The normalized spacial score (nSPS) is 13.6. The quantitative estimate of drug-likeness (QED) is 0.838. The Balaban J connectivity index is 3.21. The van der Waals surface area contributed by atoms with Crippen LogP contribution in [0.15, 0.2) is 18.2 Å². The highest BCUT2D eigenvalue weighted by molar-refractivity contribution is 5.37. The van der Waals surface area contributed by atoms with Gasteiger partial charge < -0.3 is 15.6 Å². The first kappa shape index (κ1) is 12.8. The number of halogens is 3. The molecule has 16 heavy (non-hydrogen) atoms. The molecule has 0 bridgehead atoms. The van der Waals surface area contributed by atoms with Crippen molar-refractivity contribution >= 4 is 0 Å². The number of aliphatic hydroxyl groups is 1. The van der Waals surface area contributed by atoms with Gasteiger partial charge in [0.05, 0.1) is 25.3 Å². The van der Waals surface area contributed by atoms with E-state index in [0.717, 1.165) is 12.1 Å². The molecule has 0 unspecified atom stereocenters. The molecule has 1 aromatic carbocycles. The first-order valence-corrected chi connectivity index (χ1v) is 4.51. The van der Waals surface area contributed by atoms with Crippen molar-refractivity contribution in [3.63, 3.8) is 0 Å². The maximum Gasteiger partial charge on any atom is 0.416 e. The van der Waals surface area contributed by atoms with Crippen LogP contribution in [0.3, 0.4) is 0 Å². The lowest BCUT2D eigenvalue weighted by Gasteiger charge is -2.14. The highest BCUT2D eigenvalue weighted by atomic mass is 19.4. The highest BCUT2D eigenvalue weighted by Crippen LogP contribution is 2.33. The summed E-state index contributed by atoms with van der Waals surface area (Å²) in [5.74, 6) is 0.0636. The van der Waals surface area contributed by atoms with E-state index in [0.29, 0.717) is 0 Å². The lowest BCUT2D eigenvalue weighted by Crippen LogP contribution is -2.16. The van der Waals surface area contributed by atoms with Gasteiger partial charge in [0, 0.05) is 0 Å². The molecule has 0 fully saturated rings. The summed E-state index contributed by atoms with van der Waals surface area (Å²) in [5, 5.41) is 8.80. The molecule has 0 spiro atoms. The van der Waals surface area contributed by atoms with Gasteiger partial charge in [0.2, 0.25) is 0 Å². The van der Waals surface area contributed by atoms with Gasteiger partial charge in [-0.25, -0.2) is 0 Å². The van der Waals surface area contributed by atoms with Crippen molar-refractivity contribution in [2.45, 2.75) is 12.2 Å². The third-order valence-electron chi connectivity index (χ3n) is 2.12. The molecule has 3 N–H and O–H groups in total. The molecule has 0 radical (unpaired) electrons. The smallest absolute Gasteiger partial charge is 0.416 e. The van der Waals surface area contributed by atoms with Crippen LogP contribution in [0.5, 0.6) is 5.75 Å². The number of ether oxygens (including phenoxy) is 1. The zero-order valence-corrected chi connectivity index (χ0v) is 8.58. The number of nitrogens with two attached hydrogens (primary N) is 1. The van der Waals surface area contributed by atoms with Crippen molar-refractivity contribution in [1.82, 2.24) is 0 Å². The summed E-state index contributed by atoms with van der Waals surface area (Å²) >= 11 is 0. The highest BCUT2D eigenvalue weighted by Gasteiger charge is 2.31. The largest absolute Gasteiger partial charge is 0.497 e. The molecule has 0 aromatic heterocycles. The number of aliphatic hydroxyl groups excluding tert-OH is 1. The van der Waals surface area contributed by atoms with Gasteiger partial charge in [0.25, 0.3) is 0 Å². The average Bonchev–Trinajstić information content (AvgIpc) is 2.26. The molecule has 0 saturated heterocycles. The van der Waals surface area contributed by atoms with Crippen LogP contribution in [0.1, 0.15) is 17.2 Å². The molecule has 0 heterocycles. The Bertz CT molecular complexity index is 366. The van der Waals surface area contributed by atoms with Crippen LogP contribution in [0.4, 0.5) is 13.2 Å². The number of methoxy groups -OCH3 is 1. The lowest BCUT2D eigenvalue weighted by atomic mass is 10.0.